The predicted molar refractivity (Wildman–Crippen MR) is 105 cm³/mol. The lowest BCUT2D eigenvalue weighted by Crippen LogP contribution is -2.39. The Morgan fingerprint density at radius 2 is 2.19 bits per heavy atom. The van der Waals surface area contributed by atoms with Gasteiger partial charge in [0, 0.05) is 31.1 Å². The lowest BCUT2D eigenvalue weighted by molar-refractivity contribution is 0.230. The molecule has 0 radical (unpaired) electrons. The fourth-order valence-electron chi connectivity index (χ4n) is 2.41. The minimum absolute atomic E-state index is 0.0616. The second-order valence-corrected chi connectivity index (χ2v) is 6.26. The molecule has 0 saturated carbocycles. The van der Waals surface area contributed by atoms with Gasteiger partial charge in [0.1, 0.15) is 24.0 Å². The van der Waals surface area contributed by atoms with Crippen LogP contribution in [0.15, 0.2) is 35.6 Å². The van der Waals surface area contributed by atoms with Gasteiger partial charge in [-0.1, -0.05) is 24.6 Å². The zero-order valence-corrected chi connectivity index (χ0v) is 16.3. The van der Waals surface area contributed by atoms with Gasteiger partial charge >= 0.3 is 0 Å². The molecule has 26 heavy (non-hydrogen) atoms. The van der Waals surface area contributed by atoms with Gasteiger partial charge in [-0.3, -0.25) is 0 Å². The van der Waals surface area contributed by atoms with Gasteiger partial charge in [-0.2, -0.15) is 0 Å². The molecule has 1 aromatic heterocycles. The number of halogens is 1. The molecule has 2 N–H and O–H groups in total. The van der Waals surface area contributed by atoms with Gasteiger partial charge in [-0.25, -0.2) is 4.99 Å². The van der Waals surface area contributed by atoms with E-state index >= 15 is 0 Å². The van der Waals surface area contributed by atoms with Crippen LogP contribution in [-0.4, -0.2) is 46.5 Å². The summed E-state index contributed by atoms with van der Waals surface area (Å²) >= 11 is 5.98. The fraction of sp³-hybridized carbons (Fsp3) is 0.500. The zero-order valence-electron chi connectivity index (χ0n) is 15.6. The first kappa shape index (κ1) is 20.0. The Bertz CT molecular complexity index is 702. The maximum absolute atomic E-state index is 5.98. The molecule has 2 aromatic rings. The molecule has 142 valence electrons. The summed E-state index contributed by atoms with van der Waals surface area (Å²) in [4.78, 5) is 4.59. The van der Waals surface area contributed by atoms with Crippen LogP contribution in [0.25, 0.3) is 0 Å². The highest BCUT2D eigenvalue weighted by Crippen LogP contribution is 2.18. The Balaban J connectivity index is 1.83. The molecule has 0 aliphatic carbocycles. The highest BCUT2D eigenvalue weighted by molar-refractivity contribution is 6.30. The van der Waals surface area contributed by atoms with E-state index in [1.54, 1.807) is 12.4 Å². The standard InChI is InChI=1S/C18H27ClN6O/c1-4-17-24-23-13-25(17)10-9-21-18(20-5-2)22-12-14(3)26-16-8-6-7-15(19)11-16/h6-8,11,13-14H,4-5,9-10,12H2,1-3H3,(H2,20,21,22). The summed E-state index contributed by atoms with van der Waals surface area (Å²) in [5, 5.41) is 15.3. The number of aromatic nitrogens is 3. The molecule has 0 amide bonds. The van der Waals surface area contributed by atoms with Crippen molar-refractivity contribution in [2.75, 3.05) is 19.6 Å². The van der Waals surface area contributed by atoms with E-state index in [4.69, 9.17) is 16.3 Å². The van der Waals surface area contributed by atoms with Crippen molar-refractivity contribution in [2.24, 2.45) is 4.99 Å². The summed E-state index contributed by atoms with van der Waals surface area (Å²) in [7, 11) is 0. The van der Waals surface area contributed by atoms with Crippen LogP contribution in [-0.2, 0) is 13.0 Å². The number of hydrogen-bond donors (Lipinski definition) is 2. The van der Waals surface area contributed by atoms with E-state index in [2.05, 4.69) is 32.7 Å². The summed E-state index contributed by atoms with van der Waals surface area (Å²) in [6.07, 6.45) is 2.56. The third-order valence-corrected chi connectivity index (χ3v) is 3.88. The fourth-order valence-corrected chi connectivity index (χ4v) is 2.59. The van der Waals surface area contributed by atoms with Gasteiger partial charge in [0.2, 0.25) is 0 Å². The molecule has 2 rings (SSSR count). The Labute approximate surface area is 159 Å². The molecule has 7 nitrogen and oxygen atoms in total. The first-order valence-electron chi connectivity index (χ1n) is 8.93. The maximum Gasteiger partial charge on any atom is 0.191 e. The Morgan fingerprint density at radius 3 is 2.92 bits per heavy atom. The van der Waals surface area contributed by atoms with E-state index in [0.29, 0.717) is 11.6 Å². The highest BCUT2D eigenvalue weighted by Gasteiger charge is 2.06. The number of ether oxygens (including phenoxy) is 1. The minimum atomic E-state index is -0.0616. The van der Waals surface area contributed by atoms with Crippen LogP contribution in [0.1, 0.15) is 26.6 Å². The maximum atomic E-state index is 5.98. The average Bonchev–Trinajstić information content (AvgIpc) is 3.07. The number of rotatable bonds is 9. The number of guanidine groups is 1. The third kappa shape index (κ3) is 6.55. The van der Waals surface area contributed by atoms with Crippen LogP contribution < -0.4 is 15.4 Å². The SMILES string of the molecule is CCNC(=NCC(C)Oc1cccc(Cl)c1)NCCn1cnnc1CC. The molecule has 0 saturated heterocycles. The molecule has 8 heteroatoms. The molecule has 1 heterocycles. The van der Waals surface area contributed by atoms with E-state index in [1.807, 2.05) is 36.6 Å². The lowest BCUT2D eigenvalue weighted by Gasteiger charge is -2.15. The Morgan fingerprint density at radius 1 is 1.35 bits per heavy atom. The zero-order chi connectivity index (χ0) is 18.8. The molecule has 1 atom stereocenters. The summed E-state index contributed by atoms with van der Waals surface area (Å²) in [6, 6.07) is 7.38. The summed E-state index contributed by atoms with van der Waals surface area (Å²) in [5.74, 6) is 2.50. The highest BCUT2D eigenvalue weighted by atomic mass is 35.5. The molecular formula is C18H27ClN6O. The van der Waals surface area contributed by atoms with Gasteiger partial charge in [-0.15, -0.1) is 10.2 Å². The van der Waals surface area contributed by atoms with Crippen molar-refractivity contribution in [3.63, 3.8) is 0 Å². The molecule has 1 aromatic carbocycles. The van der Waals surface area contributed by atoms with Gasteiger partial charge < -0.3 is 19.9 Å². The molecule has 1 unspecified atom stereocenters. The molecular weight excluding hydrogens is 352 g/mol. The second-order valence-electron chi connectivity index (χ2n) is 5.83. The molecule has 0 spiro atoms. The lowest BCUT2D eigenvalue weighted by atomic mass is 10.3. The smallest absolute Gasteiger partial charge is 0.191 e. The van der Waals surface area contributed by atoms with E-state index in [9.17, 15) is 0 Å². The molecule has 0 fully saturated rings. The number of nitrogens with zero attached hydrogens (tertiary/aromatic N) is 4. The van der Waals surface area contributed by atoms with Crippen molar-refractivity contribution in [1.29, 1.82) is 0 Å². The van der Waals surface area contributed by atoms with Crippen LogP contribution in [0.2, 0.25) is 5.02 Å². The quantitative estimate of drug-likeness (QED) is 0.518. The first-order chi connectivity index (χ1) is 12.6. The van der Waals surface area contributed by atoms with Gasteiger partial charge in [0.25, 0.3) is 0 Å². The van der Waals surface area contributed by atoms with Crippen molar-refractivity contribution in [2.45, 2.75) is 39.8 Å². The number of benzene rings is 1. The van der Waals surface area contributed by atoms with E-state index in [-0.39, 0.29) is 6.10 Å². The van der Waals surface area contributed by atoms with Crippen molar-refractivity contribution in [1.82, 2.24) is 25.4 Å². The van der Waals surface area contributed by atoms with Crippen LogP contribution in [0.3, 0.4) is 0 Å². The molecule has 0 aliphatic rings. The van der Waals surface area contributed by atoms with Crippen molar-refractivity contribution in [3.05, 3.63) is 41.4 Å². The van der Waals surface area contributed by atoms with Gasteiger partial charge in [0.05, 0.1) is 6.54 Å². The van der Waals surface area contributed by atoms with Gasteiger partial charge in [0.15, 0.2) is 5.96 Å². The van der Waals surface area contributed by atoms with E-state index in [1.165, 1.54) is 0 Å². The average molecular weight is 379 g/mol. The summed E-state index contributed by atoms with van der Waals surface area (Å²) < 4.78 is 7.89. The number of hydrogen-bond acceptors (Lipinski definition) is 4. The monoisotopic (exact) mass is 378 g/mol. The normalized spacial score (nSPS) is 12.7. The summed E-state index contributed by atoms with van der Waals surface area (Å²) in [5.41, 5.74) is 0. The van der Waals surface area contributed by atoms with Crippen LogP contribution in [0.5, 0.6) is 5.75 Å². The molecule has 0 bridgehead atoms. The number of nitrogens with one attached hydrogen (secondary N) is 2. The van der Waals surface area contributed by atoms with Crippen molar-refractivity contribution >= 4 is 17.6 Å². The van der Waals surface area contributed by atoms with Crippen LogP contribution >= 0.6 is 11.6 Å². The van der Waals surface area contributed by atoms with E-state index < -0.39 is 0 Å². The van der Waals surface area contributed by atoms with E-state index in [0.717, 1.165) is 43.6 Å². The van der Waals surface area contributed by atoms with Crippen molar-refractivity contribution in [3.8, 4) is 5.75 Å². The number of aliphatic imine (C=N–C) groups is 1. The first-order valence-corrected chi connectivity index (χ1v) is 9.31. The van der Waals surface area contributed by atoms with Crippen LogP contribution in [0.4, 0.5) is 0 Å². The minimum Gasteiger partial charge on any atom is -0.489 e. The molecule has 0 aliphatic heterocycles. The Kier molecular flexibility index (Phi) is 8.21. The Hall–Kier alpha value is -2.28. The largest absolute Gasteiger partial charge is 0.489 e. The summed E-state index contributed by atoms with van der Waals surface area (Å²) in [6.45, 7) is 8.95. The topological polar surface area (TPSA) is 76.4 Å². The van der Waals surface area contributed by atoms with Gasteiger partial charge in [-0.05, 0) is 32.0 Å². The third-order valence-electron chi connectivity index (χ3n) is 3.64. The van der Waals surface area contributed by atoms with Crippen molar-refractivity contribution < 1.29 is 4.74 Å². The predicted octanol–water partition coefficient (Wildman–Crippen LogP) is 2.52. The van der Waals surface area contributed by atoms with Crippen LogP contribution in [0, 0.1) is 0 Å². The second kappa shape index (κ2) is 10.7. The number of aryl methyl sites for hydroxylation is 1.